The molecule has 14 heavy (non-hydrogen) atoms. The van der Waals surface area contributed by atoms with Crippen LogP contribution in [0.3, 0.4) is 0 Å². The van der Waals surface area contributed by atoms with Crippen LogP contribution >= 0.6 is 11.6 Å². The fraction of sp³-hybridized carbons (Fsp3) is 0.182. The Morgan fingerprint density at radius 1 is 1.43 bits per heavy atom. The lowest BCUT2D eigenvalue weighted by molar-refractivity contribution is 0.112. The Hall–Kier alpha value is -1.12. The molecule has 0 amide bonds. The van der Waals surface area contributed by atoms with Crippen LogP contribution < -0.4 is 5.73 Å². The van der Waals surface area contributed by atoms with Crippen LogP contribution in [0.15, 0.2) is 24.3 Å². The summed E-state index contributed by atoms with van der Waals surface area (Å²) < 4.78 is 0. The molecule has 2 N–H and O–H groups in total. The van der Waals surface area contributed by atoms with Gasteiger partial charge in [0.1, 0.15) is 0 Å². The van der Waals surface area contributed by atoms with Gasteiger partial charge in [0.05, 0.1) is 5.02 Å². The van der Waals surface area contributed by atoms with Gasteiger partial charge in [0, 0.05) is 5.56 Å². The predicted molar refractivity (Wildman–Crippen MR) is 59.5 cm³/mol. The molecule has 1 rings (SSSR count). The van der Waals surface area contributed by atoms with Gasteiger partial charge in [-0.3, -0.25) is 4.79 Å². The lowest BCUT2D eigenvalue weighted by Gasteiger charge is -1.97. The van der Waals surface area contributed by atoms with E-state index in [1.807, 2.05) is 18.2 Å². The van der Waals surface area contributed by atoms with E-state index < -0.39 is 0 Å². The quantitative estimate of drug-likeness (QED) is 0.775. The van der Waals surface area contributed by atoms with E-state index in [0.717, 1.165) is 18.3 Å². The maximum absolute atomic E-state index is 10.5. The Kier molecular flexibility index (Phi) is 4.36. The smallest absolute Gasteiger partial charge is 0.151 e. The molecule has 0 heterocycles. The minimum absolute atomic E-state index is 0.481. The minimum Gasteiger partial charge on any atom is -0.330 e. The Labute approximate surface area is 88.4 Å². The third kappa shape index (κ3) is 2.98. The summed E-state index contributed by atoms with van der Waals surface area (Å²) in [6, 6.07) is 5.32. The number of carbonyl (C=O) groups excluding carboxylic acids is 1. The number of halogens is 1. The van der Waals surface area contributed by atoms with Crippen molar-refractivity contribution in [2.24, 2.45) is 5.73 Å². The predicted octanol–water partition coefficient (Wildman–Crippen LogP) is 2.51. The summed E-state index contributed by atoms with van der Waals surface area (Å²) in [7, 11) is 0. The fourth-order valence-electron chi connectivity index (χ4n) is 1.06. The second-order valence-corrected chi connectivity index (χ2v) is 3.29. The van der Waals surface area contributed by atoms with E-state index in [-0.39, 0.29) is 0 Å². The molecule has 0 bridgehead atoms. The number of benzene rings is 1. The second kappa shape index (κ2) is 5.58. The summed E-state index contributed by atoms with van der Waals surface area (Å²) in [5, 5.41) is 0.481. The van der Waals surface area contributed by atoms with Crippen molar-refractivity contribution >= 4 is 24.0 Å². The molecule has 1 aromatic carbocycles. The van der Waals surface area contributed by atoms with E-state index in [4.69, 9.17) is 17.3 Å². The zero-order chi connectivity index (χ0) is 10.4. The van der Waals surface area contributed by atoms with Crippen LogP contribution in [-0.4, -0.2) is 12.8 Å². The lowest BCUT2D eigenvalue weighted by atomic mass is 10.1. The average molecular weight is 210 g/mol. The van der Waals surface area contributed by atoms with E-state index in [1.165, 1.54) is 0 Å². The first kappa shape index (κ1) is 11.0. The summed E-state index contributed by atoms with van der Waals surface area (Å²) in [5.41, 5.74) is 6.84. The minimum atomic E-state index is 0.481. The van der Waals surface area contributed by atoms with Gasteiger partial charge in [-0.25, -0.2) is 0 Å². The monoisotopic (exact) mass is 209 g/mol. The van der Waals surface area contributed by atoms with Gasteiger partial charge >= 0.3 is 0 Å². The van der Waals surface area contributed by atoms with Gasteiger partial charge < -0.3 is 5.73 Å². The average Bonchev–Trinajstić information content (AvgIpc) is 2.18. The van der Waals surface area contributed by atoms with Crippen LogP contribution in [0, 0.1) is 0 Å². The van der Waals surface area contributed by atoms with E-state index in [9.17, 15) is 4.79 Å². The largest absolute Gasteiger partial charge is 0.330 e. The van der Waals surface area contributed by atoms with Gasteiger partial charge in [-0.1, -0.05) is 29.8 Å². The molecular weight excluding hydrogens is 198 g/mol. The first-order chi connectivity index (χ1) is 6.77. The highest BCUT2D eigenvalue weighted by Gasteiger charge is 1.97. The maximum Gasteiger partial charge on any atom is 0.151 e. The SMILES string of the molecule is NCCC=Cc1ccc(C=O)c(Cl)c1. The fourth-order valence-corrected chi connectivity index (χ4v) is 1.29. The lowest BCUT2D eigenvalue weighted by Crippen LogP contribution is -1.94. The highest BCUT2D eigenvalue weighted by molar-refractivity contribution is 6.33. The maximum atomic E-state index is 10.5. The third-order valence-electron chi connectivity index (χ3n) is 1.80. The van der Waals surface area contributed by atoms with E-state index in [1.54, 1.807) is 12.1 Å². The van der Waals surface area contributed by atoms with Gasteiger partial charge in [0.25, 0.3) is 0 Å². The highest BCUT2D eigenvalue weighted by atomic mass is 35.5. The van der Waals surface area contributed by atoms with Crippen molar-refractivity contribution < 1.29 is 4.79 Å². The zero-order valence-electron chi connectivity index (χ0n) is 7.74. The topological polar surface area (TPSA) is 43.1 Å². The van der Waals surface area contributed by atoms with Crippen molar-refractivity contribution in [3.8, 4) is 0 Å². The number of rotatable bonds is 4. The van der Waals surface area contributed by atoms with Crippen LogP contribution in [0.2, 0.25) is 5.02 Å². The van der Waals surface area contributed by atoms with Gasteiger partial charge in [-0.15, -0.1) is 0 Å². The summed E-state index contributed by atoms with van der Waals surface area (Å²) in [6.07, 6.45) is 5.50. The van der Waals surface area contributed by atoms with Gasteiger partial charge in [-0.05, 0) is 30.7 Å². The third-order valence-corrected chi connectivity index (χ3v) is 2.12. The normalized spacial score (nSPS) is 10.7. The Morgan fingerprint density at radius 3 is 2.79 bits per heavy atom. The molecule has 0 aliphatic rings. The molecule has 0 saturated heterocycles. The zero-order valence-corrected chi connectivity index (χ0v) is 8.50. The summed E-state index contributed by atoms with van der Waals surface area (Å²) in [6.45, 7) is 0.636. The number of hydrogen-bond donors (Lipinski definition) is 1. The van der Waals surface area contributed by atoms with Crippen LogP contribution in [-0.2, 0) is 0 Å². The molecular formula is C11H12ClNO. The van der Waals surface area contributed by atoms with Crippen molar-refractivity contribution in [1.29, 1.82) is 0 Å². The number of aldehydes is 1. The molecule has 0 unspecified atom stereocenters. The van der Waals surface area contributed by atoms with Crippen LogP contribution in [0.1, 0.15) is 22.3 Å². The first-order valence-corrected chi connectivity index (χ1v) is 4.77. The molecule has 0 spiro atoms. The van der Waals surface area contributed by atoms with Crippen molar-refractivity contribution in [2.45, 2.75) is 6.42 Å². The van der Waals surface area contributed by atoms with Gasteiger partial charge in [-0.2, -0.15) is 0 Å². The Balaban J connectivity index is 2.81. The molecule has 2 nitrogen and oxygen atoms in total. The molecule has 3 heteroatoms. The molecule has 74 valence electrons. The summed E-state index contributed by atoms with van der Waals surface area (Å²) in [5.74, 6) is 0. The standard InChI is InChI=1S/C11H12ClNO/c12-11-7-9(3-1-2-6-13)4-5-10(11)8-14/h1,3-5,7-8H,2,6,13H2. The molecule has 0 fully saturated rings. The highest BCUT2D eigenvalue weighted by Crippen LogP contribution is 2.17. The van der Waals surface area contributed by atoms with E-state index in [2.05, 4.69) is 0 Å². The Morgan fingerprint density at radius 2 is 2.21 bits per heavy atom. The second-order valence-electron chi connectivity index (χ2n) is 2.88. The molecule has 0 radical (unpaired) electrons. The van der Waals surface area contributed by atoms with Crippen molar-refractivity contribution in [2.75, 3.05) is 6.54 Å². The number of nitrogens with two attached hydrogens (primary N) is 1. The first-order valence-electron chi connectivity index (χ1n) is 4.39. The number of carbonyl (C=O) groups is 1. The van der Waals surface area contributed by atoms with Crippen LogP contribution in [0.5, 0.6) is 0 Å². The van der Waals surface area contributed by atoms with Gasteiger partial charge in [0.2, 0.25) is 0 Å². The molecule has 0 aliphatic carbocycles. The van der Waals surface area contributed by atoms with Crippen LogP contribution in [0.4, 0.5) is 0 Å². The van der Waals surface area contributed by atoms with Crippen molar-refractivity contribution in [3.05, 3.63) is 40.4 Å². The summed E-state index contributed by atoms with van der Waals surface area (Å²) >= 11 is 5.85. The number of hydrogen-bond acceptors (Lipinski definition) is 2. The van der Waals surface area contributed by atoms with Crippen molar-refractivity contribution in [3.63, 3.8) is 0 Å². The van der Waals surface area contributed by atoms with Gasteiger partial charge in [0.15, 0.2) is 6.29 Å². The Bertz CT molecular complexity index is 347. The van der Waals surface area contributed by atoms with E-state index in [0.29, 0.717) is 17.1 Å². The van der Waals surface area contributed by atoms with Crippen molar-refractivity contribution in [1.82, 2.24) is 0 Å². The molecule has 0 aromatic heterocycles. The van der Waals surface area contributed by atoms with Crippen LogP contribution in [0.25, 0.3) is 6.08 Å². The molecule has 1 aromatic rings. The molecule has 0 saturated carbocycles. The van der Waals surface area contributed by atoms with E-state index >= 15 is 0 Å². The molecule has 0 atom stereocenters. The summed E-state index contributed by atoms with van der Waals surface area (Å²) in [4.78, 5) is 10.5. The molecule has 0 aliphatic heterocycles.